The molecule has 0 amide bonds. The largest absolute Gasteiger partial charge is 0.299 e. The molecule has 0 spiro atoms. The van der Waals surface area contributed by atoms with Gasteiger partial charge in [-0.05, 0) is 17.2 Å². The minimum Gasteiger partial charge on any atom is -0.299 e. The van der Waals surface area contributed by atoms with E-state index in [9.17, 15) is 4.79 Å². The third kappa shape index (κ3) is 1.57. The maximum absolute atomic E-state index is 11.4. The molecule has 0 N–H and O–H groups in total. The lowest BCUT2D eigenvalue weighted by molar-refractivity contribution is -0.117. The maximum atomic E-state index is 11.4. The normalized spacial score (nSPS) is 15.1. The summed E-state index contributed by atoms with van der Waals surface area (Å²) in [7, 11) is 0. The standard InChI is InChI=1S/C12H9NO/c13-8-9-5-10-3-1-2-4-11(10)7-12(14)6-9/h1-5H,6-7H2. The first-order chi connectivity index (χ1) is 6.79. The molecule has 2 nitrogen and oxygen atoms in total. The van der Waals surface area contributed by atoms with Crippen molar-refractivity contribution in [2.24, 2.45) is 0 Å². The highest BCUT2D eigenvalue weighted by Crippen LogP contribution is 2.20. The van der Waals surface area contributed by atoms with Gasteiger partial charge in [-0.15, -0.1) is 0 Å². The maximum Gasteiger partial charge on any atom is 0.142 e. The van der Waals surface area contributed by atoms with E-state index in [0.29, 0.717) is 12.0 Å². The Bertz CT molecular complexity index is 452. The van der Waals surface area contributed by atoms with E-state index in [1.54, 1.807) is 6.08 Å². The van der Waals surface area contributed by atoms with Crippen LogP contribution in [0.4, 0.5) is 0 Å². The summed E-state index contributed by atoms with van der Waals surface area (Å²) in [6, 6.07) is 9.76. The number of carbonyl (C=O) groups is 1. The summed E-state index contributed by atoms with van der Waals surface area (Å²) in [6.45, 7) is 0. The van der Waals surface area contributed by atoms with Crippen LogP contribution in [0.1, 0.15) is 17.5 Å². The number of ketones is 1. The highest BCUT2D eigenvalue weighted by molar-refractivity contribution is 5.88. The predicted molar refractivity (Wildman–Crippen MR) is 53.4 cm³/mol. The topological polar surface area (TPSA) is 40.9 Å². The van der Waals surface area contributed by atoms with Gasteiger partial charge in [0.15, 0.2) is 0 Å². The van der Waals surface area contributed by atoms with E-state index >= 15 is 0 Å². The summed E-state index contributed by atoms with van der Waals surface area (Å²) in [6.07, 6.45) is 2.52. The van der Waals surface area contributed by atoms with E-state index in [2.05, 4.69) is 6.07 Å². The van der Waals surface area contributed by atoms with E-state index < -0.39 is 0 Å². The van der Waals surface area contributed by atoms with E-state index in [-0.39, 0.29) is 12.2 Å². The Kier molecular flexibility index (Phi) is 2.16. The van der Waals surface area contributed by atoms with Gasteiger partial charge in [-0.2, -0.15) is 5.26 Å². The summed E-state index contributed by atoms with van der Waals surface area (Å²) in [5.41, 5.74) is 2.57. The van der Waals surface area contributed by atoms with Crippen molar-refractivity contribution in [2.45, 2.75) is 12.8 Å². The van der Waals surface area contributed by atoms with E-state index in [1.165, 1.54) is 0 Å². The highest BCUT2D eigenvalue weighted by atomic mass is 16.1. The summed E-state index contributed by atoms with van der Waals surface area (Å²) in [4.78, 5) is 11.4. The quantitative estimate of drug-likeness (QED) is 0.618. The molecule has 0 saturated carbocycles. The molecule has 0 heterocycles. The second-order valence-electron chi connectivity index (χ2n) is 3.37. The minimum atomic E-state index is 0.114. The summed E-state index contributed by atoms with van der Waals surface area (Å²) in [5.74, 6) is 0.114. The second kappa shape index (κ2) is 3.47. The molecular weight excluding hydrogens is 174 g/mol. The average Bonchev–Trinajstić information content (AvgIpc) is 2.35. The Hall–Kier alpha value is -1.88. The third-order valence-corrected chi connectivity index (χ3v) is 2.30. The van der Waals surface area contributed by atoms with Gasteiger partial charge in [0.25, 0.3) is 0 Å². The summed E-state index contributed by atoms with van der Waals surface area (Å²) >= 11 is 0. The zero-order valence-electron chi connectivity index (χ0n) is 7.66. The number of allylic oxidation sites excluding steroid dienone is 1. The summed E-state index contributed by atoms with van der Waals surface area (Å²) < 4.78 is 0. The van der Waals surface area contributed by atoms with Gasteiger partial charge in [0.2, 0.25) is 0 Å². The first-order valence-electron chi connectivity index (χ1n) is 4.50. The van der Waals surface area contributed by atoms with Gasteiger partial charge in [-0.1, -0.05) is 24.3 Å². The Morgan fingerprint density at radius 3 is 2.79 bits per heavy atom. The number of rotatable bonds is 0. The van der Waals surface area contributed by atoms with Crippen LogP contribution in [0, 0.1) is 11.3 Å². The summed E-state index contributed by atoms with van der Waals surface area (Å²) in [5, 5.41) is 8.79. The Morgan fingerprint density at radius 2 is 2.00 bits per heavy atom. The SMILES string of the molecule is N#CC1=Cc2ccccc2CC(=O)C1. The van der Waals surface area contributed by atoms with Crippen LogP contribution in [0.2, 0.25) is 0 Å². The van der Waals surface area contributed by atoms with Gasteiger partial charge >= 0.3 is 0 Å². The molecule has 14 heavy (non-hydrogen) atoms. The van der Waals surface area contributed by atoms with Crippen molar-refractivity contribution < 1.29 is 4.79 Å². The fourth-order valence-corrected chi connectivity index (χ4v) is 1.63. The van der Waals surface area contributed by atoms with E-state index in [0.717, 1.165) is 11.1 Å². The lowest BCUT2D eigenvalue weighted by Gasteiger charge is -1.99. The number of Topliss-reactive ketones (excluding diaryl/α,β-unsaturated/α-hetero) is 1. The van der Waals surface area contributed by atoms with Crippen LogP contribution >= 0.6 is 0 Å². The van der Waals surface area contributed by atoms with Crippen LogP contribution in [0.3, 0.4) is 0 Å². The zero-order chi connectivity index (χ0) is 9.97. The molecule has 0 unspecified atom stereocenters. The Balaban J connectivity index is 2.54. The molecule has 0 radical (unpaired) electrons. The van der Waals surface area contributed by atoms with Crippen LogP contribution in [0.5, 0.6) is 0 Å². The number of nitrogens with zero attached hydrogens (tertiary/aromatic N) is 1. The number of hydrogen-bond acceptors (Lipinski definition) is 2. The molecule has 0 atom stereocenters. The Labute approximate surface area is 82.5 Å². The molecule has 0 aromatic heterocycles. The zero-order valence-corrected chi connectivity index (χ0v) is 7.66. The first kappa shape index (κ1) is 8.71. The highest BCUT2D eigenvalue weighted by Gasteiger charge is 2.13. The smallest absolute Gasteiger partial charge is 0.142 e. The molecule has 1 aromatic carbocycles. The van der Waals surface area contributed by atoms with Gasteiger partial charge < -0.3 is 0 Å². The van der Waals surface area contributed by atoms with Crippen LogP contribution in [-0.2, 0) is 11.2 Å². The van der Waals surface area contributed by atoms with Crippen molar-refractivity contribution in [3.63, 3.8) is 0 Å². The Morgan fingerprint density at radius 1 is 1.21 bits per heavy atom. The minimum absolute atomic E-state index is 0.114. The number of hydrogen-bond donors (Lipinski definition) is 0. The molecule has 1 aliphatic rings. The first-order valence-corrected chi connectivity index (χ1v) is 4.50. The lowest BCUT2D eigenvalue weighted by atomic mass is 10.0. The predicted octanol–water partition coefficient (Wildman–Crippen LogP) is 2.11. The van der Waals surface area contributed by atoms with Crippen LogP contribution in [0.25, 0.3) is 6.08 Å². The van der Waals surface area contributed by atoms with E-state index in [1.807, 2.05) is 24.3 Å². The molecule has 0 aliphatic heterocycles. The molecule has 0 fully saturated rings. The monoisotopic (exact) mass is 183 g/mol. The van der Waals surface area contributed by atoms with Crippen molar-refractivity contribution in [3.05, 3.63) is 41.0 Å². The van der Waals surface area contributed by atoms with Crippen LogP contribution in [0.15, 0.2) is 29.8 Å². The lowest BCUT2D eigenvalue weighted by Crippen LogP contribution is -2.01. The average molecular weight is 183 g/mol. The van der Waals surface area contributed by atoms with Crippen LogP contribution < -0.4 is 0 Å². The number of carbonyl (C=O) groups excluding carboxylic acids is 1. The van der Waals surface area contributed by atoms with Crippen molar-refractivity contribution in [3.8, 4) is 6.07 Å². The second-order valence-corrected chi connectivity index (χ2v) is 3.37. The van der Waals surface area contributed by atoms with Gasteiger partial charge in [0, 0.05) is 18.4 Å². The van der Waals surface area contributed by atoms with Crippen molar-refractivity contribution in [1.82, 2.24) is 0 Å². The fourth-order valence-electron chi connectivity index (χ4n) is 1.63. The van der Waals surface area contributed by atoms with Crippen molar-refractivity contribution in [2.75, 3.05) is 0 Å². The number of fused-ring (bicyclic) bond motifs is 1. The fraction of sp³-hybridized carbons (Fsp3) is 0.167. The molecule has 0 saturated heterocycles. The van der Waals surface area contributed by atoms with Crippen molar-refractivity contribution >= 4 is 11.9 Å². The van der Waals surface area contributed by atoms with Gasteiger partial charge in [-0.25, -0.2) is 0 Å². The molecule has 2 heteroatoms. The molecular formula is C12H9NO. The van der Waals surface area contributed by atoms with Gasteiger partial charge in [0.1, 0.15) is 5.78 Å². The number of nitriles is 1. The van der Waals surface area contributed by atoms with E-state index in [4.69, 9.17) is 5.26 Å². The van der Waals surface area contributed by atoms with Gasteiger partial charge in [0.05, 0.1) is 6.07 Å². The van der Waals surface area contributed by atoms with Crippen LogP contribution in [-0.4, -0.2) is 5.78 Å². The molecule has 68 valence electrons. The molecule has 1 aromatic rings. The molecule has 0 bridgehead atoms. The van der Waals surface area contributed by atoms with Gasteiger partial charge in [-0.3, -0.25) is 4.79 Å². The number of benzene rings is 1. The van der Waals surface area contributed by atoms with Crippen molar-refractivity contribution in [1.29, 1.82) is 5.26 Å². The molecule has 1 aliphatic carbocycles. The molecule has 2 rings (SSSR count). The third-order valence-electron chi connectivity index (χ3n) is 2.30.